The van der Waals surface area contributed by atoms with Crippen molar-refractivity contribution < 1.29 is 9.59 Å². The number of benzene rings is 1. The highest BCUT2D eigenvalue weighted by atomic mass is 79.9. The molecule has 3 rings (SSSR count). The predicted molar refractivity (Wildman–Crippen MR) is 92.1 cm³/mol. The Hall–Kier alpha value is -2.19. The van der Waals surface area contributed by atoms with Crippen molar-refractivity contribution in [1.29, 1.82) is 0 Å². The highest BCUT2D eigenvalue weighted by Gasteiger charge is 2.17. The Morgan fingerprint density at radius 1 is 1.26 bits per heavy atom. The molecule has 3 aromatic rings. The van der Waals surface area contributed by atoms with Gasteiger partial charge >= 0.3 is 0 Å². The van der Waals surface area contributed by atoms with Gasteiger partial charge in [0.2, 0.25) is 5.91 Å². The first-order valence-corrected chi connectivity index (χ1v) is 8.57. The Balaban J connectivity index is 1.96. The molecule has 0 aliphatic carbocycles. The third-order valence-electron chi connectivity index (χ3n) is 3.26. The Morgan fingerprint density at radius 3 is 2.70 bits per heavy atom. The number of nitrogens with zero attached hydrogens (tertiary/aromatic N) is 2. The summed E-state index contributed by atoms with van der Waals surface area (Å²) < 4.78 is 2.76. The first-order valence-electron chi connectivity index (χ1n) is 6.90. The van der Waals surface area contributed by atoms with Gasteiger partial charge in [-0.25, -0.2) is 4.98 Å². The summed E-state index contributed by atoms with van der Waals surface area (Å²) in [5.41, 5.74) is 6.99. The van der Waals surface area contributed by atoms with Crippen molar-refractivity contribution in [2.24, 2.45) is 0 Å². The standard InChI is InChI=1S/C15H13BrN4O2S/c1-2-13(21)18-19-14(22)12-8-23-15-17-7-11(20(12)15)9-3-5-10(16)6-4-9/h3-8H,2H2,1H3,(H,18,21)(H,19,22). The number of halogens is 1. The van der Waals surface area contributed by atoms with Crippen molar-refractivity contribution in [2.45, 2.75) is 13.3 Å². The van der Waals surface area contributed by atoms with Crippen LogP contribution in [-0.4, -0.2) is 21.2 Å². The normalized spacial score (nSPS) is 10.7. The molecule has 0 bridgehead atoms. The van der Waals surface area contributed by atoms with Crippen LogP contribution in [0.4, 0.5) is 0 Å². The molecule has 0 aliphatic heterocycles. The quantitative estimate of drug-likeness (QED) is 0.672. The van der Waals surface area contributed by atoms with Crippen LogP contribution in [0.2, 0.25) is 0 Å². The van der Waals surface area contributed by atoms with Crippen LogP contribution in [0.25, 0.3) is 16.2 Å². The van der Waals surface area contributed by atoms with Crippen LogP contribution in [0, 0.1) is 0 Å². The topological polar surface area (TPSA) is 75.5 Å². The number of fused-ring (bicyclic) bond motifs is 1. The lowest BCUT2D eigenvalue weighted by molar-refractivity contribution is -0.121. The molecule has 0 spiro atoms. The second kappa shape index (κ2) is 6.51. The fourth-order valence-electron chi connectivity index (χ4n) is 2.07. The summed E-state index contributed by atoms with van der Waals surface area (Å²) in [6.45, 7) is 1.71. The van der Waals surface area contributed by atoms with Crippen LogP contribution in [0.5, 0.6) is 0 Å². The van der Waals surface area contributed by atoms with Gasteiger partial charge in [0.1, 0.15) is 5.69 Å². The summed E-state index contributed by atoms with van der Waals surface area (Å²) >= 11 is 4.77. The SMILES string of the molecule is CCC(=O)NNC(=O)c1csc2ncc(-c3ccc(Br)cc3)n12. The molecule has 0 unspecified atom stereocenters. The van der Waals surface area contributed by atoms with Crippen molar-refractivity contribution >= 4 is 44.0 Å². The Labute approximate surface area is 144 Å². The summed E-state index contributed by atoms with van der Waals surface area (Å²) in [5, 5.41) is 1.72. The lowest BCUT2D eigenvalue weighted by atomic mass is 10.2. The molecule has 0 aliphatic rings. The number of nitrogens with one attached hydrogen (secondary N) is 2. The number of amides is 2. The van der Waals surface area contributed by atoms with E-state index in [1.165, 1.54) is 11.3 Å². The zero-order chi connectivity index (χ0) is 16.4. The van der Waals surface area contributed by atoms with Gasteiger partial charge in [0.25, 0.3) is 5.91 Å². The van der Waals surface area contributed by atoms with Crippen molar-refractivity contribution in [1.82, 2.24) is 20.2 Å². The molecule has 1 aromatic carbocycles. The number of thiazole rings is 1. The predicted octanol–water partition coefficient (Wildman–Crippen LogP) is 3.00. The van der Waals surface area contributed by atoms with Gasteiger partial charge in [0, 0.05) is 21.8 Å². The number of hydrogen-bond acceptors (Lipinski definition) is 4. The molecular formula is C15H13BrN4O2S. The first kappa shape index (κ1) is 15.7. The van der Waals surface area contributed by atoms with Crippen LogP contribution in [-0.2, 0) is 4.79 Å². The van der Waals surface area contributed by atoms with Crippen LogP contribution >= 0.6 is 27.3 Å². The summed E-state index contributed by atoms with van der Waals surface area (Å²) in [4.78, 5) is 28.6. The molecule has 0 radical (unpaired) electrons. The molecular weight excluding hydrogens is 380 g/mol. The van der Waals surface area contributed by atoms with E-state index in [0.29, 0.717) is 12.1 Å². The van der Waals surface area contributed by atoms with Crippen molar-refractivity contribution in [3.63, 3.8) is 0 Å². The number of hydrazine groups is 1. The van der Waals surface area contributed by atoms with Crippen LogP contribution in [0.1, 0.15) is 23.8 Å². The summed E-state index contributed by atoms with van der Waals surface area (Å²) in [6.07, 6.45) is 2.03. The van der Waals surface area contributed by atoms with Gasteiger partial charge in [-0.2, -0.15) is 0 Å². The first-order chi connectivity index (χ1) is 11.1. The van der Waals surface area contributed by atoms with Gasteiger partial charge in [-0.1, -0.05) is 35.0 Å². The molecule has 0 saturated heterocycles. The third kappa shape index (κ3) is 3.13. The molecule has 6 nitrogen and oxygen atoms in total. The maximum Gasteiger partial charge on any atom is 0.287 e. The van der Waals surface area contributed by atoms with Crippen LogP contribution < -0.4 is 10.9 Å². The summed E-state index contributed by atoms with van der Waals surface area (Å²) in [7, 11) is 0. The van der Waals surface area contributed by atoms with E-state index in [1.54, 1.807) is 22.9 Å². The summed E-state index contributed by atoms with van der Waals surface area (Å²) in [5.74, 6) is -0.627. The molecule has 8 heteroatoms. The molecule has 0 fully saturated rings. The van der Waals surface area contributed by atoms with E-state index in [1.807, 2.05) is 24.3 Å². The lowest BCUT2D eigenvalue weighted by Gasteiger charge is -2.07. The molecule has 2 heterocycles. The van der Waals surface area contributed by atoms with Gasteiger partial charge in [0.05, 0.1) is 11.9 Å². The number of carbonyl (C=O) groups is 2. The van der Waals surface area contributed by atoms with Gasteiger partial charge in [0.15, 0.2) is 4.96 Å². The third-order valence-corrected chi connectivity index (χ3v) is 4.62. The highest BCUT2D eigenvalue weighted by Crippen LogP contribution is 2.27. The fourth-order valence-corrected chi connectivity index (χ4v) is 3.18. The number of carbonyl (C=O) groups excluding carboxylic acids is 2. The molecule has 118 valence electrons. The minimum absolute atomic E-state index is 0.247. The van der Waals surface area contributed by atoms with E-state index in [-0.39, 0.29) is 11.8 Å². The van der Waals surface area contributed by atoms with Gasteiger partial charge in [-0.05, 0) is 12.1 Å². The van der Waals surface area contributed by atoms with Crippen molar-refractivity contribution in [3.8, 4) is 11.3 Å². The van der Waals surface area contributed by atoms with E-state index >= 15 is 0 Å². The molecule has 2 aromatic heterocycles. The fraction of sp³-hybridized carbons (Fsp3) is 0.133. The second-order valence-electron chi connectivity index (χ2n) is 4.75. The Bertz CT molecular complexity index is 869. The van der Waals surface area contributed by atoms with E-state index in [9.17, 15) is 9.59 Å². The summed E-state index contributed by atoms with van der Waals surface area (Å²) in [6, 6.07) is 7.77. The zero-order valence-electron chi connectivity index (χ0n) is 12.2. The smallest absolute Gasteiger partial charge is 0.278 e. The lowest BCUT2D eigenvalue weighted by Crippen LogP contribution is -2.41. The van der Waals surface area contributed by atoms with E-state index in [2.05, 4.69) is 31.8 Å². The van der Waals surface area contributed by atoms with E-state index in [4.69, 9.17) is 0 Å². The van der Waals surface area contributed by atoms with E-state index < -0.39 is 0 Å². The molecule has 0 saturated carbocycles. The molecule has 2 N–H and O–H groups in total. The number of rotatable bonds is 3. The average molecular weight is 393 g/mol. The maximum absolute atomic E-state index is 12.3. The van der Waals surface area contributed by atoms with Crippen molar-refractivity contribution in [2.75, 3.05) is 0 Å². The maximum atomic E-state index is 12.3. The molecule has 2 amide bonds. The zero-order valence-corrected chi connectivity index (χ0v) is 14.6. The van der Waals surface area contributed by atoms with Crippen LogP contribution in [0.15, 0.2) is 40.3 Å². The second-order valence-corrected chi connectivity index (χ2v) is 6.50. The van der Waals surface area contributed by atoms with Gasteiger partial charge < -0.3 is 0 Å². The number of hydrogen-bond donors (Lipinski definition) is 2. The Morgan fingerprint density at radius 2 is 2.00 bits per heavy atom. The number of imidazole rings is 1. The minimum Gasteiger partial charge on any atom is -0.278 e. The highest BCUT2D eigenvalue weighted by molar-refractivity contribution is 9.10. The monoisotopic (exact) mass is 392 g/mol. The van der Waals surface area contributed by atoms with Gasteiger partial charge in [-0.15, -0.1) is 11.3 Å². The van der Waals surface area contributed by atoms with Gasteiger partial charge in [-0.3, -0.25) is 24.8 Å². The Kier molecular flexibility index (Phi) is 4.44. The van der Waals surface area contributed by atoms with Crippen LogP contribution in [0.3, 0.4) is 0 Å². The van der Waals surface area contributed by atoms with Crippen molar-refractivity contribution in [3.05, 3.63) is 46.0 Å². The number of aromatic nitrogens is 2. The minimum atomic E-state index is -0.380. The molecule has 23 heavy (non-hydrogen) atoms. The average Bonchev–Trinajstić information content (AvgIpc) is 3.15. The largest absolute Gasteiger partial charge is 0.287 e. The molecule has 0 atom stereocenters. The van der Waals surface area contributed by atoms with E-state index in [0.717, 1.165) is 20.7 Å².